The Morgan fingerprint density at radius 1 is 1.05 bits per heavy atom. The molecule has 11 nitrogen and oxygen atoms in total. The summed E-state index contributed by atoms with van der Waals surface area (Å²) in [7, 11) is 0. The second-order valence-electron chi connectivity index (χ2n) is 10.4. The van der Waals surface area contributed by atoms with E-state index in [4.69, 9.17) is 9.15 Å². The third-order valence-corrected chi connectivity index (χ3v) is 6.96. The molecule has 1 aromatic carbocycles. The maximum atomic E-state index is 13.6. The number of nitrogens with zero attached hydrogens (tertiary/aromatic N) is 1. The Hall–Kier alpha value is -3.73. The minimum Gasteiger partial charge on any atom is -0.446 e. The van der Waals surface area contributed by atoms with Crippen molar-refractivity contribution in [1.82, 2.24) is 26.3 Å². The summed E-state index contributed by atoms with van der Waals surface area (Å²) in [6, 6.07) is 6.97. The molecule has 4 amide bonds. The number of amides is 4. The number of hydrogen-bond acceptors (Lipinski definition) is 7. The number of fused-ring (bicyclic) bond motifs is 2. The molecule has 1 aromatic heterocycles. The highest BCUT2D eigenvalue weighted by molar-refractivity contribution is 5.93. The molecule has 0 saturated carbocycles. The van der Waals surface area contributed by atoms with Crippen LogP contribution >= 0.6 is 0 Å². The number of rotatable bonds is 5. The van der Waals surface area contributed by atoms with Crippen molar-refractivity contribution in [3.05, 3.63) is 53.7 Å². The van der Waals surface area contributed by atoms with Gasteiger partial charge < -0.3 is 30.4 Å². The van der Waals surface area contributed by atoms with Gasteiger partial charge in [0.05, 0.1) is 0 Å². The summed E-state index contributed by atoms with van der Waals surface area (Å²) in [6.45, 7) is 4.68. The van der Waals surface area contributed by atoms with Crippen LogP contribution in [0, 0.1) is 5.92 Å². The minimum absolute atomic E-state index is 0.117. The van der Waals surface area contributed by atoms with Crippen LogP contribution in [0.5, 0.6) is 0 Å². The van der Waals surface area contributed by atoms with Gasteiger partial charge in [-0.1, -0.05) is 44.2 Å². The van der Waals surface area contributed by atoms with E-state index in [9.17, 15) is 19.2 Å². The first-order valence-electron chi connectivity index (χ1n) is 13.6. The molecule has 2 aromatic rings. The fraction of sp³-hybridized carbons (Fsp3) is 0.536. The molecule has 0 unspecified atom stereocenters. The van der Waals surface area contributed by atoms with Gasteiger partial charge in [-0.25, -0.2) is 4.98 Å². The summed E-state index contributed by atoms with van der Waals surface area (Å²) < 4.78 is 11.1. The SMILES string of the molecule is CC(C)[C@@H]1NC(=O)[C@H](Cc2ccccc2)NC(=O)[C@@H](NC(=O)[C@@H]2CCCO2)CCCCNC(=O)c2coc1n2. The van der Waals surface area contributed by atoms with E-state index in [-0.39, 0.29) is 35.7 Å². The molecule has 2 aliphatic heterocycles. The van der Waals surface area contributed by atoms with Gasteiger partial charge in [-0.05, 0) is 43.6 Å². The Bertz CT molecular complexity index is 1140. The summed E-state index contributed by atoms with van der Waals surface area (Å²) in [5.41, 5.74) is 0.997. The summed E-state index contributed by atoms with van der Waals surface area (Å²) in [4.78, 5) is 56.8. The molecule has 4 rings (SSSR count). The van der Waals surface area contributed by atoms with Crippen LogP contribution in [0.3, 0.4) is 0 Å². The molecule has 0 spiro atoms. The van der Waals surface area contributed by atoms with Crippen molar-refractivity contribution in [3.63, 3.8) is 0 Å². The van der Waals surface area contributed by atoms with Gasteiger partial charge in [0.25, 0.3) is 5.91 Å². The smallest absolute Gasteiger partial charge is 0.273 e. The van der Waals surface area contributed by atoms with Crippen LogP contribution in [0.15, 0.2) is 41.0 Å². The number of aromatic nitrogens is 1. The number of ether oxygens (including phenoxy) is 1. The quantitative estimate of drug-likeness (QED) is 0.452. The summed E-state index contributed by atoms with van der Waals surface area (Å²) >= 11 is 0. The van der Waals surface area contributed by atoms with Crippen LogP contribution in [-0.4, -0.2) is 60.0 Å². The standard InChI is InChI=1S/C28H37N5O6/c1-17(2)23-28-32-21(16-39-28)24(34)29-13-7-6-11-19(30-27(37)22-12-8-14-38-22)25(35)31-20(26(36)33-23)15-18-9-4-3-5-10-18/h3-5,9-10,16-17,19-20,22-23H,6-8,11-15H2,1-2H3,(H,29,34)(H,30,37)(H,31,35)(H,33,36)/t19-,20-,22-,23-/m0/s1. The van der Waals surface area contributed by atoms with Crippen molar-refractivity contribution in [2.24, 2.45) is 5.92 Å². The fourth-order valence-corrected chi connectivity index (χ4v) is 4.72. The zero-order chi connectivity index (χ0) is 27.8. The van der Waals surface area contributed by atoms with E-state index in [0.717, 1.165) is 12.0 Å². The zero-order valence-electron chi connectivity index (χ0n) is 22.4. The molecule has 0 aliphatic carbocycles. The van der Waals surface area contributed by atoms with Crippen molar-refractivity contribution in [2.45, 2.75) is 76.6 Å². The van der Waals surface area contributed by atoms with Crippen LogP contribution in [0.4, 0.5) is 0 Å². The van der Waals surface area contributed by atoms with Gasteiger partial charge in [0.15, 0.2) is 5.69 Å². The van der Waals surface area contributed by atoms with E-state index in [1.165, 1.54) is 6.26 Å². The number of hydrogen-bond donors (Lipinski definition) is 4. The van der Waals surface area contributed by atoms with Gasteiger partial charge in [-0.15, -0.1) is 0 Å². The number of benzene rings is 1. The monoisotopic (exact) mass is 539 g/mol. The molecule has 1 saturated heterocycles. The average Bonchev–Trinajstić information content (AvgIpc) is 3.63. The second kappa shape index (κ2) is 13.4. The lowest BCUT2D eigenvalue weighted by molar-refractivity contribution is -0.136. The summed E-state index contributed by atoms with van der Waals surface area (Å²) in [5, 5.41) is 11.5. The third-order valence-electron chi connectivity index (χ3n) is 6.96. The van der Waals surface area contributed by atoms with Crippen LogP contribution in [-0.2, 0) is 25.5 Å². The first-order valence-corrected chi connectivity index (χ1v) is 13.6. The average molecular weight is 540 g/mol. The largest absolute Gasteiger partial charge is 0.446 e. The molecule has 2 bridgehead atoms. The molecular weight excluding hydrogens is 502 g/mol. The van der Waals surface area contributed by atoms with Crippen LogP contribution in [0.25, 0.3) is 0 Å². The number of nitrogens with one attached hydrogen (secondary N) is 4. The molecule has 0 radical (unpaired) electrons. The van der Waals surface area contributed by atoms with E-state index in [1.54, 1.807) is 0 Å². The second-order valence-corrected chi connectivity index (χ2v) is 10.4. The van der Waals surface area contributed by atoms with Gasteiger partial charge in [0, 0.05) is 19.6 Å². The van der Waals surface area contributed by atoms with Crippen LogP contribution < -0.4 is 21.3 Å². The number of carbonyl (C=O) groups excluding carboxylic acids is 4. The van der Waals surface area contributed by atoms with Crippen LogP contribution in [0.1, 0.15) is 73.9 Å². The van der Waals surface area contributed by atoms with Crippen LogP contribution in [0.2, 0.25) is 0 Å². The normalized spacial score (nSPS) is 25.1. The van der Waals surface area contributed by atoms with Gasteiger partial charge >= 0.3 is 0 Å². The topological polar surface area (TPSA) is 152 Å². The Balaban J connectivity index is 1.60. The summed E-state index contributed by atoms with van der Waals surface area (Å²) in [6.07, 6.45) is 3.80. The fourth-order valence-electron chi connectivity index (χ4n) is 4.72. The molecule has 4 atom stereocenters. The van der Waals surface area contributed by atoms with Gasteiger partial charge in [-0.2, -0.15) is 0 Å². The highest BCUT2D eigenvalue weighted by atomic mass is 16.5. The van der Waals surface area contributed by atoms with Crippen molar-refractivity contribution < 1.29 is 28.3 Å². The first-order chi connectivity index (χ1) is 18.8. The molecule has 39 heavy (non-hydrogen) atoms. The van der Waals surface area contributed by atoms with Crippen molar-refractivity contribution >= 4 is 23.6 Å². The van der Waals surface area contributed by atoms with E-state index >= 15 is 0 Å². The van der Waals surface area contributed by atoms with Crippen molar-refractivity contribution in [1.29, 1.82) is 0 Å². The Kier molecular flexibility index (Phi) is 9.69. The lowest BCUT2D eigenvalue weighted by atomic mass is 10.0. The molecule has 1 fully saturated rings. The number of oxazole rings is 1. The first kappa shape index (κ1) is 28.3. The molecule has 2 aliphatic rings. The van der Waals surface area contributed by atoms with E-state index in [2.05, 4.69) is 26.3 Å². The van der Waals surface area contributed by atoms with Gasteiger partial charge in [-0.3, -0.25) is 19.2 Å². The van der Waals surface area contributed by atoms with E-state index in [0.29, 0.717) is 38.8 Å². The molecular formula is C28H37N5O6. The van der Waals surface area contributed by atoms with E-state index < -0.39 is 36.0 Å². The minimum atomic E-state index is -0.922. The maximum Gasteiger partial charge on any atom is 0.273 e. The Morgan fingerprint density at radius 3 is 2.56 bits per heavy atom. The Morgan fingerprint density at radius 2 is 1.85 bits per heavy atom. The molecule has 4 N–H and O–H groups in total. The zero-order valence-corrected chi connectivity index (χ0v) is 22.4. The highest BCUT2D eigenvalue weighted by Crippen LogP contribution is 2.22. The maximum absolute atomic E-state index is 13.6. The van der Waals surface area contributed by atoms with Gasteiger partial charge in [0.2, 0.25) is 23.6 Å². The molecule has 210 valence electrons. The molecule has 3 heterocycles. The van der Waals surface area contributed by atoms with Gasteiger partial charge in [0.1, 0.15) is 30.5 Å². The molecule has 11 heteroatoms. The lowest BCUT2D eigenvalue weighted by Crippen LogP contribution is -2.56. The summed E-state index contributed by atoms with van der Waals surface area (Å²) in [5.74, 6) is -1.50. The predicted octanol–water partition coefficient (Wildman–Crippen LogP) is 1.79. The predicted molar refractivity (Wildman–Crippen MR) is 141 cm³/mol. The van der Waals surface area contributed by atoms with Crippen molar-refractivity contribution in [2.75, 3.05) is 13.2 Å². The number of carbonyl (C=O) groups is 4. The lowest BCUT2D eigenvalue weighted by Gasteiger charge is -2.26. The highest BCUT2D eigenvalue weighted by Gasteiger charge is 2.33. The van der Waals surface area contributed by atoms with E-state index in [1.807, 2.05) is 44.2 Å². The van der Waals surface area contributed by atoms with Crippen molar-refractivity contribution in [3.8, 4) is 0 Å². The third kappa shape index (κ3) is 7.66. The Labute approximate surface area is 227 Å².